The van der Waals surface area contributed by atoms with Crippen molar-refractivity contribution in [3.63, 3.8) is 0 Å². The van der Waals surface area contributed by atoms with Crippen LogP contribution in [0.25, 0.3) is 0 Å². The first-order valence-electron chi connectivity index (χ1n) is 7.00. The van der Waals surface area contributed by atoms with Gasteiger partial charge in [0.15, 0.2) is 0 Å². The van der Waals surface area contributed by atoms with E-state index in [9.17, 15) is 0 Å². The van der Waals surface area contributed by atoms with Crippen LogP contribution in [0.4, 0.5) is 5.95 Å². The predicted octanol–water partition coefficient (Wildman–Crippen LogP) is 1.44. The van der Waals surface area contributed by atoms with Gasteiger partial charge >= 0.3 is 0 Å². The van der Waals surface area contributed by atoms with E-state index in [4.69, 9.17) is 0 Å². The fourth-order valence-corrected chi connectivity index (χ4v) is 2.53. The highest BCUT2D eigenvalue weighted by Crippen LogP contribution is 2.20. The molecule has 5 nitrogen and oxygen atoms in total. The molecule has 0 unspecified atom stereocenters. The summed E-state index contributed by atoms with van der Waals surface area (Å²) in [6.07, 6.45) is 3.44. The minimum Gasteiger partial charge on any atom is -0.340 e. The van der Waals surface area contributed by atoms with Crippen molar-refractivity contribution in [2.45, 2.75) is 33.1 Å². The van der Waals surface area contributed by atoms with Gasteiger partial charge in [0, 0.05) is 19.5 Å². The number of hydrogen-bond acceptors (Lipinski definition) is 4. The Bertz CT molecular complexity index is 352. The Hall–Kier alpha value is -1.10. The van der Waals surface area contributed by atoms with Gasteiger partial charge in [0.25, 0.3) is 0 Å². The Kier molecular flexibility index (Phi) is 4.58. The molecule has 0 aliphatic carbocycles. The van der Waals surface area contributed by atoms with Gasteiger partial charge in [-0.3, -0.25) is 5.10 Å². The third kappa shape index (κ3) is 3.45. The number of aromatic nitrogens is 3. The molecule has 0 aromatic carbocycles. The first kappa shape index (κ1) is 13.3. The minimum absolute atomic E-state index is 0.618. The van der Waals surface area contributed by atoms with Gasteiger partial charge in [0.05, 0.1) is 0 Å². The Morgan fingerprint density at radius 1 is 1.39 bits per heavy atom. The Balaban J connectivity index is 1.87. The highest BCUT2D eigenvalue weighted by molar-refractivity contribution is 5.29. The topological polar surface area (TPSA) is 56.8 Å². The summed E-state index contributed by atoms with van der Waals surface area (Å²) in [6.45, 7) is 7.67. The van der Waals surface area contributed by atoms with E-state index in [1.54, 1.807) is 0 Å². The first-order chi connectivity index (χ1) is 8.69. The van der Waals surface area contributed by atoms with E-state index in [1.807, 2.05) is 7.05 Å². The quantitative estimate of drug-likeness (QED) is 0.831. The maximum atomic E-state index is 4.59. The molecule has 1 aliphatic rings. The van der Waals surface area contributed by atoms with E-state index in [1.165, 1.54) is 12.8 Å². The normalized spacial score (nSPS) is 17.7. The number of rotatable bonds is 5. The summed E-state index contributed by atoms with van der Waals surface area (Å²) in [7, 11) is 2.03. The standard InChI is InChI=1S/C13H25N5/c1-10(2)8-12-15-13(17-16-12)18-6-4-11(5-7-18)9-14-3/h10-11,14H,4-9H2,1-3H3,(H,15,16,17). The van der Waals surface area contributed by atoms with Crippen molar-refractivity contribution >= 4 is 5.95 Å². The number of aromatic amines is 1. The van der Waals surface area contributed by atoms with Crippen molar-refractivity contribution in [2.24, 2.45) is 11.8 Å². The van der Waals surface area contributed by atoms with Crippen LogP contribution in [0.15, 0.2) is 0 Å². The SMILES string of the molecule is CNCC1CCN(c2n[nH]c(CC(C)C)n2)CC1. The molecule has 1 aromatic rings. The van der Waals surface area contributed by atoms with Crippen LogP contribution in [0.1, 0.15) is 32.5 Å². The van der Waals surface area contributed by atoms with Gasteiger partial charge in [0.2, 0.25) is 5.95 Å². The van der Waals surface area contributed by atoms with Crippen molar-refractivity contribution in [3.05, 3.63) is 5.82 Å². The minimum atomic E-state index is 0.618. The second-order valence-electron chi connectivity index (χ2n) is 5.67. The lowest BCUT2D eigenvalue weighted by Crippen LogP contribution is -2.37. The predicted molar refractivity (Wildman–Crippen MR) is 73.8 cm³/mol. The van der Waals surface area contributed by atoms with E-state index < -0.39 is 0 Å². The average Bonchev–Trinajstić information content (AvgIpc) is 2.78. The number of anilines is 1. The second-order valence-corrected chi connectivity index (χ2v) is 5.67. The number of nitrogens with one attached hydrogen (secondary N) is 2. The van der Waals surface area contributed by atoms with Crippen LogP contribution in [0.5, 0.6) is 0 Å². The third-order valence-electron chi connectivity index (χ3n) is 3.51. The van der Waals surface area contributed by atoms with Crippen molar-refractivity contribution in [3.8, 4) is 0 Å². The van der Waals surface area contributed by atoms with Gasteiger partial charge in [-0.1, -0.05) is 13.8 Å². The zero-order valence-electron chi connectivity index (χ0n) is 11.7. The molecule has 2 rings (SSSR count). The monoisotopic (exact) mass is 251 g/mol. The molecule has 0 amide bonds. The van der Waals surface area contributed by atoms with Crippen molar-refractivity contribution in [2.75, 3.05) is 31.6 Å². The van der Waals surface area contributed by atoms with E-state index in [-0.39, 0.29) is 0 Å². The van der Waals surface area contributed by atoms with Crippen LogP contribution >= 0.6 is 0 Å². The number of H-pyrrole nitrogens is 1. The average molecular weight is 251 g/mol. The highest BCUT2D eigenvalue weighted by atomic mass is 15.4. The van der Waals surface area contributed by atoms with Crippen LogP contribution < -0.4 is 10.2 Å². The molecular weight excluding hydrogens is 226 g/mol. The van der Waals surface area contributed by atoms with Gasteiger partial charge in [-0.2, -0.15) is 4.98 Å². The lowest BCUT2D eigenvalue weighted by molar-refractivity contribution is 0.391. The molecular formula is C13H25N5. The summed E-state index contributed by atoms with van der Waals surface area (Å²) in [5.74, 6) is 3.32. The molecule has 1 fully saturated rings. The smallest absolute Gasteiger partial charge is 0.244 e. The largest absolute Gasteiger partial charge is 0.340 e. The fourth-order valence-electron chi connectivity index (χ4n) is 2.53. The lowest BCUT2D eigenvalue weighted by Gasteiger charge is -2.30. The molecule has 0 saturated carbocycles. The molecule has 5 heteroatoms. The van der Waals surface area contributed by atoms with Crippen molar-refractivity contribution in [1.82, 2.24) is 20.5 Å². The summed E-state index contributed by atoms with van der Waals surface area (Å²) in [4.78, 5) is 6.89. The third-order valence-corrected chi connectivity index (χ3v) is 3.51. The van der Waals surface area contributed by atoms with Gasteiger partial charge in [-0.15, -0.1) is 5.10 Å². The molecule has 1 aromatic heterocycles. The van der Waals surface area contributed by atoms with E-state index in [0.717, 1.165) is 43.7 Å². The molecule has 102 valence electrons. The maximum absolute atomic E-state index is 4.59. The molecule has 1 aliphatic heterocycles. The zero-order valence-corrected chi connectivity index (χ0v) is 11.7. The van der Waals surface area contributed by atoms with Crippen LogP contribution in [0, 0.1) is 11.8 Å². The molecule has 18 heavy (non-hydrogen) atoms. The van der Waals surface area contributed by atoms with Crippen LogP contribution in [-0.2, 0) is 6.42 Å². The summed E-state index contributed by atoms with van der Waals surface area (Å²) in [5, 5.41) is 10.7. The van der Waals surface area contributed by atoms with E-state index in [0.29, 0.717) is 5.92 Å². The van der Waals surface area contributed by atoms with Crippen molar-refractivity contribution < 1.29 is 0 Å². The lowest BCUT2D eigenvalue weighted by atomic mass is 9.97. The van der Waals surface area contributed by atoms with E-state index >= 15 is 0 Å². The Labute approximate surface area is 109 Å². The van der Waals surface area contributed by atoms with Gasteiger partial charge < -0.3 is 10.2 Å². The summed E-state index contributed by atoms with van der Waals surface area (Å²) in [5.41, 5.74) is 0. The van der Waals surface area contributed by atoms with Crippen LogP contribution in [0.3, 0.4) is 0 Å². The van der Waals surface area contributed by atoms with Gasteiger partial charge in [0.1, 0.15) is 5.82 Å². The molecule has 1 saturated heterocycles. The number of piperidine rings is 1. The maximum Gasteiger partial charge on any atom is 0.244 e. The molecule has 0 spiro atoms. The summed E-state index contributed by atoms with van der Waals surface area (Å²) < 4.78 is 0. The Morgan fingerprint density at radius 3 is 2.72 bits per heavy atom. The van der Waals surface area contributed by atoms with Gasteiger partial charge in [-0.05, 0) is 38.3 Å². The molecule has 0 bridgehead atoms. The highest BCUT2D eigenvalue weighted by Gasteiger charge is 2.21. The Morgan fingerprint density at radius 2 is 2.11 bits per heavy atom. The zero-order chi connectivity index (χ0) is 13.0. The van der Waals surface area contributed by atoms with Crippen molar-refractivity contribution in [1.29, 1.82) is 0 Å². The molecule has 0 atom stereocenters. The fraction of sp³-hybridized carbons (Fsp3) is 0.846. The van der Waals surface area contributed by atoms with Crippen LogP contribution in [0.2, 0.25) is 0 Å². The second kappa shape index (κ2) is 6.18. The summed E-state index contributed by atoms with van der Waals surface area (Å²) in [6, 6.07) is 0. The van der Waals surface area contributed by atoms with Crippen LogP contribution in [-0.4, -0.2) is 41.9 Å². The first-order valence-corrected chi connectivity index (χ1v) is 7.00. The number of nitrogens with zero attached hydrogens (tertiary/aromatic N) is 3. The molecule has 0 radical (unpaired) electrons. The van der Waals surface area contributed by atoms with E-state index in [2.05, 4.69) is 39.2 Å². The van der Waals surface area contributed by atoms with Gasteiger partial charge in [-0.25, -0.2) is 0 Å². The number of hydrogen-bond donors (Lipinski definition) is 2. The molecule has 2 N–H and O–H groups in total. The summed E-state index contributed by atoms with van der Waals surface area (Å²) >= 11 is 0. The molecule has 2 heterocycles.